The monoisotopic (exact) mass is 522 g/mol. The topological polar surface area (TPSA) is 65.1 Å². The van der Waals surface area contributed by atoms with Crippen LogP contribution in [0.1, 0.15) is 51.4 Å². The van der Waals surface area contributed by atoms with Crippen molar-refractivity contribution in [2.45, 2.75) is 26.7 Å². The molecule has 0 spiro atoms. The maximum Gasteiger partial charge on any atom is 0.229 e. The number of carbonyl (C=O) groups excluding carboxylic acids is 2. The van der Waals surface area contributed by atoms with E-state index in [1.807, 2.05) is 77.4 Å². The molecular formula is C35H26N2O3. The van der Waals surface area contributed by atoms with Gasteiger partial charge in [0.25, 0.3) is 0 Å². The highest BCUT2D eigenvalue weighted by atomic mass is 16.3. The number of carbonyl (C=O) groups is 2. The van der Waals surface area contributed by atoms with Gasteiger partial charge in [0.05, 0.1) is 11.3 Å². The van der Waals surface area contributed by atoms with E-state index in [1.165, 1.54) is 0 Å². The highest BCUT2D eigenvalue weighted by molar-refractivity contribution is 6.41. The van der Waals surface area contributed by atoms with E-state index >= 15 is 0 Å². The molecule has 7 rings (SSSR count). The minimum atomic E-state index is -0.237. The van der Waals surface area contributed by atoms with Crippen molar-refractivity contribution >= 4 is 39.6 Å². The standard InChI is InChI=1S/C35H26N2O3/c1-3-21-17-28-29(18-22(21)4-2)33(39)30(32(28)38)19-25-20-31-34(37(25)24-13-6-5-7-14-24)36-35(40-31)27-16-10-12-23-11-8-9-15-26(23)27/h5-20H,3-4H2,1-2H3. The molecule has 0 radical (unpaired) electrons. The van der Waals surface area contributed by atoms with Crippen LogP contribution in [0.3, 0.4) is 0 Å². The summed E-state index contributed by atoms with van der Waals surface area (Å²) < 4.78 is 8.26. The molecule has 0 saturated heterocycles. The van der Waals surface area contributed by atoms with Crippen molar-refractivity contribution in [2.24, 2.45) is 0 Å². The van der Waals surface area contributed by atoms with Gasteiger partial charge in [0.1, 0.15) is 0 Å². The highest BCUT2D eigenvalue weighted by Gasteiger charge is 2.34. The smallest absolute Gasteiger partial charge is 0.229 e. The summed E-state index contributed by atoms with van der Waals surface area (Å²) in [5, 5.41) is 2.16. The maximum absolute atomic E-state index is 13.5. The SMILES string of the molecule is CCc1cc2c(cc1CC)C(=O)C(=Cc1cc3oc(-c4cccc5ccccc45)nc3n1-c1ccccc1)C2=O. The molecule has 2 aromatic heterocycles. The van der Waals surface area contributed by atoms with Gasteiger partial charge in [0, 0.05) is 28.4 Å². The minimum Gasteiger partial charge on any atom is -0.434 e. The molecule has 0 saturated carbocycles. The number of oxazole rings is 1. The fourth-order valence-electron chi connectivity index (χ4n) is 5.78. The van der Waals surface area contributed by atoms with Crippen molar-refractivity contribution in [3.63, 3.8) is 0 Å². The zero-order chi connectivity index (χ0) is 27.4. The van der Waals surface area contributed by atoms with Gasteiger partial charge in [-0.2, -0.15) is 4.98 Å². The number of ketones is 2. The molecule has 0 unspecified atom stereocenters. The number of fused-ring (bicyclic) bond motifs is 3. The number of aryl methyl sites for hydroxylation is 2. The van der Waals surface area contributed by atoms with Crippen LogP contribution in [0, 0.1) is 0 Å². The number of hydrogen-bond acceptors (Lipinski definition) is 4. The zero-order valence-electron chi connectivity index (χ0n) is 22.3. The van der Waals surface area contributed by atoms with Crippen LogP contribution in [0.5, 0.6) is 0 Å². The lowest BCUT2D eigenvalue weighted by molar-refractivity contribution is 0.0990. The van der Waals surface area contributed by atoms with E-state index in [1.54, 1.807) is 6.08 Å². The van der Waals surface area contributed by atoms with E-state index in [4.69, 9.17) is 9.40 Å². The third-order valence-electron chi connectivity index (χ3n) is 7.79. The predicted octanol–water partition coefficient (Wildman–Crippen LogP) is 8.03. The first kappa shape index (κ1) is 24.0. The molecule has 6 aromatic rings. The van der Waals surface area contributed by atoms with Gasteiger partial charge in [-0.3, -0.25) is 14.2 Å². The average molecular weight is 523 g/mol. The van der Waals surface area contributed by atoms with Crippen molar-refractivity contribution in [2.75, 3.05) is 0 Å². The molecule has 1 aliphatic carbocycles. The quantitative estimate of drug-likeness (QED) is 0.170. The molecule has 0 aliphatic heterocycles. The summed E-state index contributed by atoms with van der Waals surface area (Å²) in [4.78, 5) is 31.9. The molecular weight excluding hydrogens is 496 g/mol. The molecule has 5 nitrogen and oxygen atoms in total. The van der Waals surface area contributed by atoms with E-state index < -0.39 is 0 Å². The Kier molecular flexibility index (Phi) is 5.60. The van der Waals surface area contributed by atoms with E-state index in [9.17, 15) is 9.59 Å². The molecule has 2 heterocycles. The molecule has 1 aliphatic rings. The number of hydrogen-bond donors (Lipinski definition) is 0. The Labute approximate surface area is 231 Å². The first-order valence-corrected chi connectivity index (χ1v) is 13.6. The van der Waals surface area contributed by atoms with E-state index in [0.717, 1.165) is 46.0 Å². The molecule has 0 fully saturated rings. The van der Waals surface area contributed by atoms with Crippen molar-refractivity contribution in [1.82, 2.24) is 9.55 Å². The molecule has 5 heteroatoms. The fraction of sp³-hybridized carbons (Fsp3) is 0.114. The van der Waals surface area contributed by atoms with Gasteiger partial charge in [-0.1, -0.05) is 68.4 Å². The molecule has 0 atom stereocenters. The van der Waals surface area contributed by atoms with Crippen LogP contribution in [0.4, 0.5) is 0 Å². The van der Waals surface area contributed by atoms with Crippen LogP contribution in [0.15, 0.2) is 101 Å². The van der Waals surface area contributed by atoms with Gasteiger partial charge >= 0.3 is 0 Å². The van der Waals surface area contributed by atoms with Gasteiger partial charge in [-0.05, 0) is 71.1 Å². The first-order chi connectivity index (χ1) is 19.6. The van der Waals surface area contributed by atoms with Gasteiger partial charge in [-0.25, -0.2) is 0 Å². The summed E-state index contributed by atoms with van der Waals surface area (Å²) >= 11 is 0. The zero-order valence-corrected chi connectivity index (χ0v) is 22.3. The third kappa shape index (κ3) is 3.66. The molecule has 0 bridgehead atoms. The molecule has 194 valence electrons. The molecule has 0 N–H and O–H groups in total. The van der Waals surface area contributed by atoms with Crippen molar-refractivity contribution < 1.29 is 14.0 Å². The van der Waals surface area contributed by atoms with Crippen LogP contribution >= 0.6 is 0 Å². The van der Waals surface area contributed by atoms with Gasteiger partial charge < -0.3 is 4.42 Å². The second kappa shape index (κ2) is 9.31. The second-order valence-electron chi connectivity index (χ2n) is 10.1. The molecule has 40 heavy (non-hydrogen) atoms. The van der Waals surface area contributed by atoms with Gasteiger partial charge in [-0.15, -0.1) is 0 Å². The minimum absolute atomic E-state index is 0.164. The Hall–Kier alpha value is -5.03. The van der Waals surface area contributed by atoms with Gasteiger partial charge in [0.15, 0.2) is 22.8 Å². The summed E-state index contributed by atoms with van der Waals surface area (Å²) in [6.07, 6.45) is 3.31. The van der Waals surface area contributed by atoms with E-state index in [-0.39, 0.29) is 17.1 Å². The summed E-state index contributed by atoms with van der Waals surface area (Å²) in [6.45, 7) is 4.14. The number of nitrogens with zero attached hydrogens (tertiary/aromatic N) is 2. The Morgan fingerprint density at radius 3 is 2.10 bits per heavy atom. The lowest BCUT2D eigenvalue weighted by Crippen LogP contribution is -2.03. The molecule has 0 amide bonds. The summed E-state index contributed by atoms with van der Waals surface area (Å²) in [5.74, 6) is 0.0451. The van der Waals surface area contributed by atoms with Crippen molar-refractivity contribution in [3.8, 4) is 17.1 Å². The highest BCUT2D eigenvalue weighted by Crippen LogP contribution is 2.36. The predicted molar refractivity (Wildman–Crippen MR) is 158 cm³/mol. The Morgan fingerprint density at radius 2 is 1.40 bits per heavy atom. The Bertz CT molecular complexity index is 1960. The van der Waals surface area contributed by atoms with Crippen LogP contribution in [-0.2, 0) is 12.8 Å². The second-order valence-corrected chi connectivity index (χ2v) is 10.1. The lowest BCUT2D eigenvalue weighted by Gasteiger charge is -2.07. The largest absolute Gasteiger partial charge is 0.434 e. The number of benzene rings is 4. The lowest BCUT2D eigenvalue weighted by atomic mass is 9.96. The number of rotatable bonds is 5. The van der Waals surface area contributed by atoms with Crippen LogP contribution in [0.25, 0.3) is 45.2 Å². The van der Waals surface area contributed by atoms with Crippen LogP contribution < -0.4 is 0 Å². The molecule has 4 aromatic carbocycles. The third-order valence-corrected chi connectivity index (χ3v) is 7.79. The van der Waals surface area contributed by atoms with E-state index in [0.29, 0.717) is 33.9 Å². The van der Waals surface area contributed by atoms with E-state index in [2.05, 4.69) is 32.0 Å². The van der Waals surface area contributed by atoms with Crippen LogP contribution in [-0.4, -0.2) is 21.1 Å². The van der Waals surface area contributed by atoms with Crippen LogP contribution in [0.2, 0.25) is 0 Å². The average Bonchev–Trinajstić information content (AvgIpc) is 3.62. The normalized spacial score (nSPS) is 13.0. The Balaban J connectivity index is 1.40. The van der Waals surface area contributed by atoms with Crippen molar-refractivity contribution in [3.05, 3.63) is 125 Å². The summed E-state index contributed by atoms with van der Waals surface area (Å²) in [5.41, 5.74) is 6.99. The number of allylic oxidation sites excluding steroid dienone is 1. The first-order valence-electron chi connectivity index (χ1n) is 13.6. The maximum atomic E-state index is 13.5. The Morgan fingerprint density at radius 1 is 0.750 bits per heavy atom. The number of aromatic nitrogens is 2. The van der Waals surface area contributed by atoms with Crippen molar-refractivity contribution in [1.29, 1.82) is 0 Å². The number of Topliss-reactive ketones (excluding diaryl/α,β-unsaturated/α-hetero) is 2. The fourth-order valence-corrected chi connectivity index (χ4v) is 5.78. The number of para-hydroxylation sites is 1. The van der Waals surface area contributed by atoms with Gasteiger partial charge in [0.2, 0.25) is 5.89 Å². The summed E-state index contributed by atoms with van der Waals surface area (Å²) in [6, 6.07) is 29.7. The summed E-state index contributed by atoms with van der Waals surface area (Å²) in [7, 11) is 0.